The van der Waals surface area contributed by atoms with Crippen LogP contribution in [0.25, 0.3) is 0 Å². The third-order valence-corrected chi connectivity index (χ3v) is 4.56. The largest absolute Gasteiger partial charge is 0.393 e. The first kappa shape index (κ1) is 15.3. The molecule has 2 atom stereocenters. The fourth-order valence-electron chi connectivity index (χ4n) is 3.22. The Morgan fingerprint density at radius 3 is 2.40 bits per heavy atom. The topological polar surface area (TPSA) is 78.4 Å². The molecule has 5 nitrogen and oxygen atoms in total. The molecule has 2 rings (SSSR count). The number of carbonyl (C=O) groups excluding carboxylic acids is 2. The van der Waals surface area contributed by atoms with E-state index in [1.165, 1.54) is 0 Å². The van der Waals surface area contributed by atoms with Crippen LogP contribution in [0.3, 0.4) is 0 Å². The Balaban J connectivity index is 1.54. The van der Waals surface area contributed by atoms with E-state index in [1.54, 1.807) is 0 Å². The third kappa shape index (κ3) is 4.47. The Labute approximate surface area is 120 Å². The average Bonchev–Trinajstić information content (AvgIpc) is 3.07. The predicted molar refractivity (Wildman–Crippen MR) is 75.9 cm³/mol. The van der Waals surface area contributed by atoms with E-state index in [0.717, 1.165) is 44.9 Å². The van der Waals surface area contributed by atoms with Crippen molar-refractivity contribution >= 4 is 11.8 Å². The van der Waals surface area contributed by atoms with Crippen molar-refractivity contribution in [3.8, 4) is 0 Å². The molecule has 0 aromatic carbocycles. The molecule has 2 amide bonds. The number of carbonyl (C=O) groups is 2. The average molecular weight is 282 g/mol. The van der Waals surface area contributed by atoms with Gasteiger partial charge in [-0.1, -0.05) is 19.3 Å². The zero-order chi connectivity index (χ0) is 14.4. The first-order valence-electron chi connectivity index (χ1n) is 7.89. The molecule has 2 aliphatic carbocycles. The fraction of sp³-hybridized carbons (Fsp3) is 0.867. The molecule has 0 spiro atoms. The van der Waals surface area contributed by atoms with Gasteiger partial charge in [0.15, 0.2) is 0 Å². The van der Waals surface area contributed by atoms with Gasteiger partial charge in [0.2, 0.25) is 11.8 Å². The van der Waals surface area contributed by atoms with Gasteiger partial charge < -0.3 is 15.7 Å². The van der Waals surface area contributed by atoms with Crippen molar-refractivity contribution in [3.05, 3.63) is 0 Å². The molecule has 114 valence electrons. The van der Waals surface area contributed by atoms with E-state index in [0.29, 0.717) is 19.5 Å². The molecule has 2 saturated carbocycles. The normalized spacial score (nSPS) is 26.6. The molecule has 0 heterocycles. The SMILES string of the molecule is O=C(CCNC(=O)C1CCCC1)NCC1CCCC1O. The minimum absolute atomic E-state index is 0.0455. The highest BCUT2D eigenvalue weighted by Gasteiger charge is 2.25. The molecule has 0 saturated heterocycles. The standard InChI is InChI=1S/C15H26N2O3/c18-13-7-3-6-12(13)10-17-14(19)8-9-16-15(20)11-4-1-2-5-11/h11-13,18H,1-10H2,(H,16,20)(H,17,19). The molecule has 0 aliphatic heterocycles. The summed E-state index contributed by atoms with van der Waals surface area (Å²) in [6, 6.07) is 0. The number of amides is 2. The van der Waals surface area contributed by atoms with E-state index in [-0.39, 0.29) is 29.8 Å². The smallest absolute Gasteiger partial charge is 0.223 e. The quantitative estimate of drug-likeness (QED) is 0.679. The third-order valence-electron chi connectivity index (χ3n) is 4.56. The number of hydrogen-bond donors (Lipinski definition) is 3. The summed E-state index contributed by atoms with van der Waals surface area (Å²) in [7, 11) is 0. The molecular formula is C15H26N2O3. The number of nitrogens with one attached hydrogen (secondary N) is 2. The van der Waals surface area contributed by atoms with Gasteiger partial charge in [0, 0.05) is 31.3 Å². The summed E-state index contributed by atoms with van der Waals surface area (Å²) in [5.41, 5.74) is 0. The molecule has 0 aromatic rings. The highest BCUT2D eigenvalue weighted by atomic mass is 16.3. The number of rotatable bonds is 6. The second-order valence-corrected chi connectivity index (χ2v) is 6.08. The Hall–Kier alpha value is -1.10. The first-order chi connectivity index (χ1) is 9.66. The van der Waals surface area contributed by atoms with Crippen molar-refractivity contribution in [3.63, 3.8) is 0 Å². The van der Waals surface area contributed by atoms with Gasteiger partial charge in [-0.15, -0.1) is 0 Å². The molecule has 0 aromatic heterocycles. The lowest BCUT2D eigenvalue weighted by atomic mass is 10.1. The monoisotopic (exact) mass is 282 g/mol. The Morgan fingerprint density at radius 1 is 1.00 bits per heavy atom. The van der Waals surface area contributed by atoms with E-state index in [2.05, 4.69) is 10.6 Å². The van der Waals surface area contributed by atoms with Crippen molar-refractivity contribution in [1.29, 1.82) is 0 Å². The van der Waals surface area contributed by atoms with Crippen LogP contribution in [0.15, 0.2) is 0 Å². The zero-order valence-corrected chi connectivity index (χ0v) is 12.1. The summed E-state index contributed by atoms with van der Waals surface area (Å²) in [6.07, 6.45) is 7.18. The van der Waals surface area contributed by atoms with E-state index in [9.17, 15) is 14.7 Å². The number of aliphatic hydroxyl groups is 1. The lowest BCUT2D eigenvalue weighted by Crippen LogP contribution is -2.36. The minimum Gasteiger partial charge on any atom is -0.393 e. The molecule has 2 aliphatic rings. The van der Waals surface area contributed by atoms with Crippen LogP contribution in [0.2, 0.25) is 0 Å². The maximum atomic E-state index is 11.8. The maximum absolute atomic E-state index is 11.8. The number of hydrogen-bond acceptors (Lipinski definition) is 3. The van der Waals surface area contributed by atoms with Crippen LogP contribution >= 0.6 is 0 Å². The highest BCUT2D eigenvalue weighted by Crippen LogP contribution is 2.25. The Kier molecular flexibility index (Phi) is 5.83. The molecule has 0 radical (unpaired) electrons. The molecular weight excluding hydrogens is 256 g/mol. The lowest BCUT2D eigenvalue weighted by molar-refractivity contribution is -0.125. The second kappa shape index (κ2) is 7.62. The summed E-state index contributed by atoms with van der Waals surface area (Å²) >= 11 is 0. The van der Waals surface area contributed by atoms with E-state index >= 15 is 0 Å². The number of aliphatic hydroxyl groups excluding tert-OH is 1. The second-order valence-electron chi connectivity index (χ2n) is 6.08. The Morgan fingerprint density at radius 2 is 1.75 bits per heavy atom. The molecule has 3 N–H and O–H groups in total. The van der Waals surface area contributed by atoms with E-state index < -0.39 is 0 Å². The first-order valence-corrected chi connectivity index (χ1v) is 7.89. The van der Waals surface area contributed by atoms with Gasteiger partial charge in [-0.3, -0.25) is 9.59 Å². The van der Waals surface area contributed by atoms with Crippen LogP contribution in [0.4, 0.5) is 0 Å². The van der Waals surface area contributed by atoms with Crippen LogP contribution in [-0.2, 0) is 9.59 Å². The van der Waals surface area contributed by atoms with Crippen LogP contribution in [0.1, 0.15) is 51.4 Å². The van der Waals surface area contributed by atoms with Gasteiger partial charge in [-0.25, -0.2) is 0 Å². The Bertz CT molecular complexity index is 340. The summed E-state index contributed by atoms with van der Waals surface area (Å²) < 4.78 is 0. The molecule has 5 heteroatoms. The van der Waals surface area contributed by atoms with Crippen molar-refractivity contribution in [2.45, 2.75) is 57.5 Å². The maximum Gasteiger partial charge on any atom is 0.223 e. The summed E-state index contributed by atoms with van der Waals surface area (Å²) in [4.78, 5) is 23.4. The summed E-state index contributed by atoms with van der Waals surface area (Å²) in [5, 5.41) is 15.4. The van der Waals surface area contributed by atoms with Gasteiger partial charge in [-0.2, -0.15) is 0 Å². The van der Waals surface area contributed by atoms with Crippen LogP contribution in [0.5, 0.6) is 0 Å². The molecule has 2 fully saturated rings. The lowest BCUT2D eigenvalue weighted by Gasteiger charge is -2.15. The van der Waals surface area contributed by atoms with E-state index in [1.807, 2.05) is 0 Å². The van der Waals surface area contributed by atoms with Crippen molar-refractivity contribution in [2.24, 2.45) is 11.8 Å². The van der Waals surface area contributed by atoms with Gasteiger partial charge >= 0.3 is 0 Å². The molecule has 20 heavy (non-hydrogen) atoms. The molecule has 0 bridgehead atoms. The zero-order valence-electron chi connectivity index (χ0n) is 12.1. The van der Waals surface area contributed by atoms with Crippen molar-refractivity contribution in [1.82, 2.24) is 10.6 Å². The predicted octanol–water partition coefficient (Wildman–Crippen LogP) is 0.960. The highest BCUT2D eigenvalue weighted by molar-refractivity contribution is 5.80. The van der Waals surface area contributed by atoms with Gasteiger partial charge in [-0.05, 0) is 25.7 Å². The van der Waals surface area contributed by atoms with E-state index in [4.69, 9.17) is 0 Å². The van der Waals surface area contributed by atoms with Gasteiger partial charge in [0.25, 0.3) is 0 Å². The summed E-state index contributed by atoms with van der Waals surface area (Å²) in [6.45, 7) is 0.963. The minimum atomic E-state index is -0.266. The molecule has 2 unspecified atom stereocenters. The van der Waals surface area contributed by atoms with Gasteiger partial charge in [0.1, 0.15) is 0 Å². The van der Waals surface area contributed by atoms with Crippen LogP contribution in [-0.4, -0.2) is 36.1 Å². The van der Waals surface area contributed by atoms with Crippen LogP contribution < -0.4 is 10.6 Å². The van der Waals surface area contributed by atoms with Crippen LogP contribution in [0, 0.1) is 11.8 Å². The summed E-state index contributed by atoms with van der Waals surface area (Å²) in [5.74, 6) is 0.413. The van der Waals surface area contributed by atoms with Crippen molar-refractivity contribution < 1.29 is 14.7 Å². The fourth-order valence-corrected chi connectivity index (χ4v) is 3.22. The van der Waals surface area contributed by atoms with Gasteiger partial charge in [0.05, 0.1) is 6.10 Å². The van der Waals surface area contributed by atoms with Crippen molar-refractivity contribution in [2.75, 3.05) is 13.1 Å².